The number of fused-ring (bicyclic) bond motifs is 1. The molecule has 1 aromatic carbocycles. The minimum Gasteiger partial charge on any atom is -0.337 e. The van der Waals surface area contributed by atoms with Crippen LogP contribution in [0.2, 0.25) is 0 Å². The second-order valence-corrected chi connectivity index (χ2v) is 7.62. The number of anilines is 2. The Bertz CT molecular complexity index is 963. The predicted molar refractivity (Wildman–Crippen MR) is 88.5 cm³/mol. The molecule has 3 aromatic rings. The number of nitrogens with zero attached hydrogens (tertiary/aromatic N) is 4. The van der Waals surface area contributed by atoms with Gasteiger partial charge in [0.2, 0.25) is 0 Å². The molecule has 8 heteroatoms. The first kappa shape index (κ1) is 15.4. The molecule has 0 radical (unpaired) electrons. The maximum absolute atomic E-state index is 11.7. The van der Waals surface area contributed by atoms with Crippen LogP contribution in [-0.4, -0.2) is 34.4 Å². The number of sulfone groups is 1. The average Bonchev–Trinajstić information content (AvgIpc) is 2.95. The predicted octanol–water partition coefficient (Wildman–Crippen LogP) is 2.55. The highest BCUT2D eigenvalue weighted by Gasteiger charge is 2.12. The average molecular weight is 331 g/mol. The van der Waals surface area contributed by atoms with Gasteiger partial charge in [0, 0.05) is 23.9 Å². The number of hydrogen-bond acceptors (Lipinski definition) is 6. The van der Waals surface area contributed by atoms with Crippen LogP contribution in [0, 0.1) is 0 Å². The summed E-state index contributed by atoms with van der Waals surface area (Å²) in [7, 11) is -3.29. The zero-order valence-electron chi connectivity index (χ0n) is 13.1. The van der Waals surface area contributed by atoms with Crippen LogP contribution in [0.1, 0.15) is 19.9 Å². The molecule has 0 bridgehead atoms. The Morgan fingerprint density at radius 2 is 2.00 bits per heavy atom. The summed E-state index contributed by atoms with van der Waals surface area (Å²) in [4.78, 5) is 8.64. The van der Waals surface area contributed by atoms with Gasteiger partial charge in [0.15, 0.2) is 9.84 Å². The zero-order valence-corrected chi connectivity index (χ0v) is 13.9. The van der Waals surface area contributed by atoms with Gasteiger partial charge in [0.05, 0.1) is 22.3 Å². The molecule has 3 rings (SSSR count). The number of rotatable bonds is 4. The second kappa shape index (κ2) is 5.62. The van der Waals surface area contributed by atoms with Gasteiger partial charge in [-0.15, -0.1) is 0 Å². The lowest BCUT2D eigenvalue weighted by molar-refractivity contribution is 0.532. The number of aromatic nitrogens is 4. The molecule has 0 fully saturated rings. The molecule has 2 heterocycles. The minimum atomic E-state index is -3.29. The molecular formula is C15H17N5O2S. The first-order chi connectivity index (χ1) is 10.8. The molecule has 1 N–H and O–H groups in total. The SMILES string of the molecule is CC(C)n1cc(Nc2ncnc3ccc(S(C)(=O)=O)cc23)cn1. The highest BCUT2D eigenvalue weighted by Crippen LogP contribution is 2.25. The van der Waals surface area contributed by atoms with Crippen LogP contribution in [0.3, 0.4) is 0 Å². The molecule has 120 valence electrons. The lowest BCUT2D eigenvalue weighted by atomic mass is 10.2. The Morgan fingerprint density at radius 1 is 1.22 bits per heavy atom. The Morgan fingerprint density at radius 3 is 2.65 bits per heavy atom. The van der Waals surface area contributed by atoms with Gasteiger partial charge in [-0.1, -0.05) is 0 Å². The molecule has 0 aliphatic heterocycles. The van der Waals surface area contributed by atoms with Crippen LogP contribution >= 0.6 is 0 Å². The van der Waals surface area contributed by atoms with E-state index in [4.69, 9.17) is 0 Å². The molecular weight excluding hydrogens is 314 g/mol. The summed E-state index contributed by atoms with van der Waals surface area (Å²) in [5.74, 6) is 0.545. The minimum absolute atomic E-state index is 0.237. The molecule has 0 amide bonds. The molecule has 0 aliphatic rings. The van der Waals surface area contributed by atoms with Crippen molar-refractivity contribution in [1.29, 1.82) is 0 Å². The summed E-state index contributed by atoms with van der Waals surface area (Å²) >= 11 is 0. The van der Waals surface area contributed by atoms with E-state index >= 15 is 0 Å². The van der Waals surface area contributed by atoms with Crippen molar-refractivity contribution in [3.05, 3.63) is 36.9 Å². The first-order valence-electron chi connectivity index (χ1n) is 7.10. The largest absolute Gasteiger partial charge is 0.337 e. The van der Waals surface area contributed by atoms with Gasteiger partial charge in [0.25, 0.3) is 0 Å². The van der Waals surface area contributed by atoms with Gasteiger partial charge < -0.3 is 5.32 Å². The molecule has 0 saturated heterocycles. The topological polar surface area (TPSA) is 89.8 Å². The van der Waals surface area contributed by atoms with E-state index in [1.807, 2.05) is 24.7 Å². The van der Waals surface area contributed by atoms with Crippen molar-refractivity contribution in [3.8, 4) is 0 Å². The lowest BCUT2D eigenvalue weighted by Gasteiger charge is -2.08. The highest BCUT2D eigenvalue weighted by molar-refractivity contribution is 7.90. The third-order valence-corrected chi connectivity index (χ3v) is 4.54. The molecule has 0 atom stereocenters. The molecule has 0 spiro atoms. The molecule has 2 aromatic heterocycles. The van der Waals surface area contributed by atoms with E-state index in [1.54, 1.807) is 24.4 Å². The summed E-state index contributed by atoms with van der Waals surface area (Å²) in [6.07, 6.45) is 6.20. The Kier molecular flexibility index (Phi) is 3.77. The van der Waals surface area contributed by atoms with Crippen molar-refractivity contribution in [2.24, 2.45) is 0 Å². The molecule has 0 aliphatic carbocycles. The van der Waals surface area contributed by atoms with Crippen LogP contribution < -0.4 is 5.32 Å². The van der Waals surface area contributed by atoms with Crippen LogP contribution in [0.15, 0.2) is 41.8 Å². The maximum atomic E-state index is 11.7. The van der Waals surface area contributed by atoms with E-state index in [-0.39, 0.29) is 10.9 Å². The van der Waals surface area contributed by atoms with Crippen LogP contribution in [0.5, 0.6) is 0 Å². The lowest BCUT2D eigenvalue weighted by Crippen LogP contribution is -2.01. The van der Waals surface area contributed by atoms with Gasteiger partial charge in [0.1, 0.15) is 12.1 Å². The summed E-state index contributed by atoms with van der Waals surface area (Å²) in [6.45, 7) is 4.07. The van der Waals surface area contributed by atoms with Gasteiger partial charge in [-0.25, -0.2) is 18.4 Å². The third-order valence-electron chi connectivity index (χ3n) is 3.43. The van der Waals surface area contributed by atoms with E-state index < -0.39 is 9.84 Å². The number of nitrogens with one attached hydrogen (secondary N) is 1. The Balaban J connectivity index is 2.05. The maximum Gasteiger partial charge on any atom is 0.175 e. The molecule has 0 unspecified atom stereocenters. The normalized spacial score (nSPS) is 12.0. The van der Waals surface area contributed by atoms with E-state index in [1.165, 1.54) is 12.6 Å². The van der Waals surface area contributed by atoms with Crippen LogP contribution in [0.25, 0.3) is 10.9 Å². The third kappa shape index (κ3) is 3.16. The molecule has 7 nitrogen and oxygen atoms in total. The van der Waals surface area contributed by atoms with Crippen molar-refractivity contribution >= 4 is 32.2 Å². The first-order valence-corrected chi connectivity index (χ1v) is 9.00. The van der Waals surface area contributed by atoms with E-state index in [0.29, 0.717) is 16.7 Å². The van der Waals surface area contributed by atoms with Gasteiger partial charge >= 0.3 is 0 Å². The van der Waals surface area contributed by atoms with Crippen LogP contribution in [0.4, 0.5) is 11.5 Å². The standard InChI is InChI=1S/C15H17N5O2S/c1-10(2)20-8-11(7-18-20)19-15-13-6-12(23(3,21)22)4-5-14(13)16-9-17-15/h4-10H,1-3H3,(H,16,17,19). The van der Waals surface area contributed by atoms with Crippen molar-refractivity contribution in [2.75, 3.05) is 11.6 Å². The Labute approximate surface area is 134 Å². The van der Waals surface area contributed by atoms with Gasteiger partial charge in [-0.2, -0.15) is 5.10 Å². The number of hydrogen-bond donors (Lipinski definition) is 1. The van der Waals surface area contributed by atoms with E-state index in [2.05, 4.69) is 20.4 Å². The smallest absolute Gasteiger partial charge is 0.175 e. The fourth-order valence-corrected chi connectivity index (χ4v) is 2.83. The van der Waals surface area contributed by atoms with E-state index in [9.17, 15) is 8.42 Å². The van der Waals surface area contributed by atoms with Gasteiger partial charge in [-0.3, -0.25) is 4.68 Å². The molecule has 0 saturated carbocycles. The summed E-state index contributed by atoms with van der Waals surface area (Å²) < 4.78 is 25.3. The quantitative estimate of drug-likeness (QED) is 0.790. The summed E-state index contributed by atoms with van der Waals surface area (Å²) in [6, 6.07) is 5.06. The van der Waals surface area contributed by atoms with Crippen molar-refractivity contribution in [3.63, 3.8) is 0 Å². The molecule has 23 heavy (non-hydrogen) atoms. The zero-order chi connectivity index (χ0) is 16.6. The fourth-order valence-electron chi connectivity index (χ4n) is 2.19. The second-order valence-electron chi connectivity index (χ2n) is 5.60. The van der Waals surface area contributed by atoms with E-state index in [0.717, 1.165) is 5.69 Å². The van der Waals surface area contributed by atoms with Gasteiger partial charge in [-0.05, 0) is 32.0 Å². The summed E-state index contributed by atoms with van der Waals surface area (Å²) in [5.41, 5.74) is 1.45. The van der Waals surface area contributed by atoms with Crippen molar-refractivity contribution < 1.29 is 8.42 Å². The summed E-state index contributed by atoms with van der Waals surface area (Å²) in [5, 5.41) is 8.08. The van der Waals surface area contributed by atoms with Crippen LogP contribution in [-0.2, 0) is 9.84 Å². The monoisotopic (exact) mass is 331 g/mol. The van der Waals surface area contributed by atoms with Crippen molar-refractivity contribution in [1.82, 2.24) is 19.7 Å². The Hall–Kier alpha value is -2.48. The fraction of sp³-hybridized carbons (Fsp3) is 0.267. The highest BCUT2D eigenvalue weighted by atomic mass is 32.2. The number of benzene rings is 1. The van der Waals surface area contributed by atoms with Crippen molar-refractivity contribution in [2.45, 2.75) is 24.8 Å².